The molecule has 4 unspecified atom stereocenters. The Bertz CT molecular complexity index is 874. The normalized spacial score (nSPS) is 32.4. The Morgan fingerprint density at radius 2 is 1.74 bits per heavy atom. The Morgan fingerprint density at radius 3 is 2.33 bits per heavy atom. The summed E-state index contributed by atoms with van der Waals surface area (Å²) in [4.78, 5) is 4.81. The third-order valence-corrected chi connectivity index (χ3v) is 5.72. The summed E-state index contributed by atoms with van der Waals surface area (Å²) < 4.78 is 12.6. The van der Waals surface area contributed by atoms with Crippen molar-refractivity contribution in [3.63, 3.8) is 0 Å². The first-order valence-electron chi connectivity index (χ1n) is 9.52. The van der Waals surface area contributed by atoms with Gasteiger partial charge in [0.15, 0.2) is 0 Å². The van der Waals surface area contributed by atoms with Gasteiger partial charge in [-0.05, 0) is 31.4 Å². The van der Waals surface area contributed by atoms with Crippen molar-refractivity contribution in [1.29, 1.82) is 5.26 Å². The number of hydrogen-bond acceptors (Lipinski definition) is 4. The van der Waals surface area contributed by atoms with Gasteiger partial charge in [0, 0.05) is 24.7 Å². The van der Waals surface area contributed by atoms with Gasteiger partial charge < -0.3 is 9.47 Å². The molecule has 1 fully saturated rings. The van der Waals surface area contributed by atoms with E-state index in [1.165, 1.54) is 0 Å². The summed E-state index contributed by atoms with van der Waals surface area (Å²) >= 11 is 0. The van der Waals surface area contributed by atoms with Crippen molar-refractivity contribution in [2.75, 3.05) is 6.61 Å². The van der Waals surface area contributed by atoms with E-state index in [9.17, 15) is 5.26 Å². The maximum Gasteiger partial charge on any atom is 0.290 e. The highest BCUT2D eigenvalue weighted by atomic mass is 16.7. The van der Waals surface area contributed by atoms with Crippen LogP contribution in [0.4, 0.5) is 0 Å². The maximum absolute atomic E-state index is 10.4. The molecule has 2 aliphatic rings. The van der Waals surface area contributed by atoms with Gasteiger partial charge in [0.05, 0.1) is 12.2 Å². The molecule has 2 heterocycles. The van der Waals surface area contributed by atoms with Gasteiger partial charge in [0.25, 0.3) is 5.91 Å². The Morgan fingerprint density at radius 1 is 1.11 bits per heavy atom. The molecule has 2 aromatic rings. The van der Waals surface area contributed by atoms with Crippen LogP contribution in [0.3, 0.4) is 0 Å². The fourth-order valence-corrected chi connectivity index (χ4v) is 4.54. The molecule has 0 saturated carbocycles. The Labute approximate surface area is 160 Å². The highest BCUT2D eigenvalue weighted by Gasteiger charge is 2.67. The molecule has 4 nitrogen and oxygen atoms in total. The van der Waals surface area contributed by atoms with E-state index in [-0.39, 0.29) is 12.0 Å². The predicted octanol–water partition coefficient (Wildman–Crippen LogP) is 5.00. The zero-order chi connectivity index (χ0) is 18.9. The van der Waals surface area contributed by atoms with Gasteiger partial charge in [-0.2, -0.15) is 5.26 Å². The average molecular weight is 360 g/mol. The van der Waals surface area contributed by atoms with E-state index in [0.29, 0.717) is 13.0 Å². The third kappa shape index (κ3) is 2.79. The van der Waals surface area contributed by atoms with Gasteiger partial charge in [0.2, 0.25) is 0 Å². The largest absolute Gasteiger partial charge is 0.330 e. The lowest BCUT2D eigenvalue weighted by Gasteiger charge is -2.44. The first-order chi connectivity index (χ1) is 13.1. The van der Waals surface area contributed by atoms with E-state index < -0.39 is 11.3 Å². The van der Waals surface area contributed by atoms with Gasteiger partial charge in [-0.3, -0.25) is 0 Å². The number of hydrogen-bond donors (Lipinski definition) is 0. The molecule has 0 bridgehead atoms. The summed E-state index contributed by atoms with van der Waals surface area (Å²) in [7, 11) is 0. The van der Waals surface area contributed by atoms with Crippen molar-refractivity contribution in [3.8, 4) is 6.07 Å². The molecule has 138 valence electrons. The molecule has 0 aliphatic carbocycles. The van der Waals surface area contributed by atoms with Crippen molar-refractivity contribution in [2.45, 2.75) is 44.6 Å². The first-order valence-corrected chi connectivity index (χ1v) is 9.52. The second-order valence-electron chi connectivity index (χ2n) is 7.33. The van der Waals surface area contributed by atoms with Crippen molar-refractivity contribution in [1.82, 2.24) is 0 Å². The number of nitriles is 1. The minimum absolute atomic E-state index is 0.0264. The van der Waals surface area contributed by atoms with Gasteiger partial charge in [-0.25, -0.2) is 4.99 Å². The van der Waals surface area contributed by atoms with Crippen molar-refractivity contribution in [3.05, 3.63) is 71.8 Å². The zero-order valence-electron chi connectivity index (χ0n) is 15.8. The SMILES string of the molecule is CCOC12N=C(C)CC(c3ccccc3)C1(C#N)CC(c1ccccc1)O2. The average Bonchev–Trinajstić information content (AvgIpc) is 3.04. The molecule has 0 amide bonds. The molecule has 0 N–H and O–H groups in total. The highest BCUT2D eigenvalue weighted by molar-refractivity contribution is 5.84. The monoisotopic (exact) mass is 360 g/mol. The third-order valence-electron chi connectivity index (χ3n) is 5.72. The molecular formula is C23H24N2O2. The highest BCUT2D eigenvalue weighted by Crippen LogP contribution is 2.62. The molecule has 2 aromatic carbocycles. The van der Waals surface area contributed by atoms with Crippen LogP contribution >= 0.6 is 0 Å². The summed E-state index contributed by atoms with van der Waals surface area (Å²) in [6, 6.07) is 22.9. The Kier molecular flexibility index (Phi) is 4.59. The van der Waals surface area contributed by atoms with Crippen LogP contribution in [0.2, 0.25) is 0 Å². The molecule has 4 rings (SSSR count). The fraction of sp³-hybridized carbons (Fsp3) is 0.391. The van der Waals surface area contributed by atoms with Crippen LogP contribution in [0, 0.1) is 16.7 Å². The summed E-state index contributed by atoms with van der Waals surface area (Å²) in [6.07, 6.45) is 1.07. The number of nitrogens with zero attached hydrogens (tertiary/aromatic N) is 2. The Balaban J connectivity index is 1.87. The zero-order valence-corrected chi connectivity index (χ0v) is 15.8. The summed E-state index contributed by atoms with van der Waals surface area (Å²) in [5.41, 5.74) is 2.27. The quantitative estimate of drug-likeness (QED) is 0.771. The Hall–Kier alpha value is -2.48. The molecular weight excluding hydrogens is 336 g/mol. The van der Waals surface area contributed by atoms with Crippen LogP contribution in [0.5, 0.6) is 0 Å². The van der Waals surface area contributed by atoms with Gasteiger partial charge in [0.1, 0.15) is 5.41 Å². The van der Waals surface area contributed by atoms with Crippen molar-refractivity contribution >= 4 is 5.71 Å². The minimum atomic E-state index is -1.26. The molecule has 4 atom stereocenters. The summed E-state index contributed by atoms with van der Waals surface area (Å²) in [5, 5.41) is 10.4. The van der Waals surface area contributed by atoms with E-state index in [2.05, 4.69) is 18.2 Å². The van der Waals surface area contributed by atoms with Crippen molar-refractivity contribution in [2.24, 2.45) is 10.4 Å². The maximum atomic E-state index is 10.4. The number of aliphatic imine (C=N–C) groups is 1. The standard InChI is InChI=1S/C23H24N2O2/c1-3-26-23-22(16-24,15-21(27-23)19-12-8-5-9-13-19)20(14-17(2)25-23)18-10-6-4-7-11-18/h4-13,20-21H,3,14-15H2,1-2H3. The van der Waals surface area contributed by atoms with Crippen LogP contribution in [0.15, 0.2) is 65.7 Å². The predicted molar refractivity (Wildman–Crippen MR) is 104 cm³/mol. The van der Waals surface area contributed by atoms with E-state index in [4.69, 9.17) is 14.5 Å². The second kappa shape index (κ2) is 6.92. The van der Waals surface area contributed by atoms with E-state index in [1.807, 2.05) is 62.4 Å². The molecule has 0 spiro atoms. The number of rotatable bonds is 4. The molecule has 1 saturated heterocycles. The van der Waals surface area contributed by atoms with E-state index in [0.717, 1.165) is 23.3 Å². The lowest BCUT2D eigenvalue weighted by atomic mass is 9.64. The second-order valence-corrected chi connectivity index (χ2v) is 7.33. The van der Waals surface area contributed by atoms with E-state index in [1.54, 1.807) is 0 Å². The van der Waals surface area contributed by atoms with Crippen molar-refractivity contribution < 1.29 is 9.47 Å². The topological polar surface area (TPSA) is 54.6 Å². The number of ether oxygens (including phenoxy) is 2. The number of benzene rings is 2. The van der Waals surface area contributed by atoms with E-state index >= 15 is 0 Å². The molecule has 0 aromatic heterocycles. The summed E-state index contributed by atoms with van der Waals surface area (Å²) in [5.74, 6) is -1.29. The molecule has 2 aliphatic heterocycles. The van der Waals surface area contributed by atoms with Crippen LogP contribution in [0.25, 0.3) is 0 Å². The fourth-order valence-electron chi connectivity index (χ4n) is 4.54. The first kappa shape index (κ1) is 17.9. The molecule has 4 heteroatoms. The van der Waals surface area contributed by atoms with Gasteiger partial charge in [-0.15, -0.1) is 0 Å². The van der Waals surface area contributed by atoms with Crippen LogP contribution < -0.4 is 0 Å². The minimum Gasteiger partial charge on any atom is -0.330 e. The van der Waals surface area contributed by atoms with Crippen LogP contribution in [-0.4, -0.2) is 18.2 Å². The van der Waals surface area contributed by atoms with Gasteiger partial charge in [-0.1, -0.05) is 60.7 Å². The molecule has 0 radical (unpaired) electrons. The lowest BCUT2D eigenvalue weighted by molar-refractivity contribution is -0.259. The summed E-state index contributed by atoms with van der Waals surface area (Å²) in [6.45, 7) is 4.35. The molecule has 27 heavy (non-hydrogen) atoms. The van der Waals surface area contributed by atoms with Crippen LogP contribution in [-0.2, 0) is 9.47 Å². The van der Waals surface area contributed by atoms with Crippen LogP contribution in [0.1, 0.15) is 49.8 Å². The number of fused-ring (bicyclic) bond motifs is 1. The van der Waals surface area contributed by atoms with Gasteiger partial charge >= 0.3 is 0 Å². The lowest BCUT2D eigenvalue weighted by Crippen LogP contribution is -2.52. The smallest absolute Gasteiger partial charge is 0.290 e.